The van der Waals surface area contributed by atoms with E-state index in [0.717, 1.165) is 78.0 Å². The number of anilines is 1. The second-order valence-electron chi connectivity index (χ2n) is 9.54. The molecule has 188 valence electrons. The molecule has 0 spiro atoms. The maximum Gasteiger partial charge on any atom is 0.207 e. The van der Waals surface area contributed by atoms with Crippen LogP contribution in [0.3, 0.4) is 0 Å². The number of rotatable bonds is 8. The summed E-state index contributed by atoms with van der Waals surface area (Å²) in [5.41, 5.74) is 4.67. The number of ether oxygens (including phenoxy) is 1. The van der Waals surface area contributed by atoms with Gasteiger partial charge in [-0.2, -0.15) is 5.10 Å². The van der Waals surface area contributed by atoms with Gasteiger partial charge in [-0.05, 0) is 49.9 Å². The molecule has 5 heterocycles. The molecule has 1 saturated heterocycles. The number of aromatic nitrogens is 5. The number of nitrogens with zero attached hydrogens (tertiary/aromatic N) is 5. The summed E-state index contributed by atoms with van der Waals surface area (Å²) < 4.78 is 7.64. The van der Waals surface area contributed by atoms with Crippen molar-refractivity contribution in [3.63, 3.8) is 0 Å². The Morgan fingerprint density at radius 1 is 1.14 bits per heavy atom. The van der Waals surface area contributed by atoms with Gasteiger partial charge in [-0.3, -0.25) is 9.89 Å². The number of fused-ring (bicyclic) bond motifs is 3. The van der Waals surface area contributed by atoms with Crippen molar-refractivity contribution in [1.29, 1.82) is 0 Å². The Morgan fingerprint density at radius 3 is 2.70 bits per heavy atom. The van der Waals surface area contributed by atoms with Gasteiger partial charge in [0.25, 0.3) is 0 Å². The van der Waals surface area contributed by atoms with Gasteiger partial charge in [-0.25, -0.2) is 9.50 Å². The van der Waals surface area contributed by atoms with Crippen LogP contribution in [0.25, 0.3) is 27.7 Å². The fourth-order valence-corrected chi connectivity index (χ4v) is 5.39. The summed E-state index contributed by atoms with van der Waals surface area (Å²) in [5.74, 6) is 1.68. The molecule has 0 saturated carbocycles. The number of nitrogens with one attached hydrogen (secondary N) is 2. The van der Waals surface area contributed by atoms with E-state index in [-0.39, 0.29) is 5.54 Å². The zero-order chi connectivity index (χ0) is 25.2. The van der Waals surface area contributed by atoms with Crippen molar-refractivity contribution in [2.45, 2.75) is 31.7 Å². The van der Waals surface area contributed by atoms with Gasteiger partial charge >= 0.3 is 0 Å². The lowest BCUT2D eigenvalue weighted by molar-refractivity contribution is -0.111. The number of carbonyl (C=O) groups is 1. The van der Waals surface area contributed by atoms with E-state index in [1.807, 2.05) is 48.1 Å². The summed E-state index contributed by atoms with van der Waals surface area (Å²) in [6, 6.07) is 16.6. The Labute approximate surface area is 214 Å². The molecule has 4 aromatic heterocycles. The molecule has 1 aliphatic rings. The number of H-pyrrole nitrogens is 1. The summed E-state index contributed by atoms with van der Waals surface area (Å²) >= 11 is 0. The molecular formula is C28H29N7O2. The molecule has 1 aromatic carbocycles. The van der Waals surface area contributed by atoms with Crippen LogP contribution >= 0.6 is 0 Å². The molecule has 9 heteroatoms. The maximum absolute atomic E-state index is 11.4. The molecule has 0 unspecified atom stereocenters. The van der Waals surface area contributed by atoms with E-state index < -0.39 is 0 Å². The first-order valence-electron chi connectivity index (χ1n) is 12.6. The highest BCUT2D eigenvalue weighted by atomic mass is 16.5. The number of hydrogen-bond acceptors (Lipinski definition) is 6. The first-order chi connectivity index (χ1) is 18.2. The number of piperidine rings is 1. The summed E-state index contributed by atoms with van der Waals surface area (Å²) in [4.78, 5) is 18.6. The molecule has 1 aliphatic heterocycles. The van der Waals surface area contributed by atoms with Crippen LogP contribution in [0.1, 0.15) is 25.3 Å². The highest BCUT2D eigenvalue weighted by molar-refractivity contribution is 6.00. The van der Waals surface area contributed by atoms with Gasteiger partial charge in [0.05, 0.1) is 29.9 Å². The van der Waals surface area contributed by atoms with Gasteiger partial charge < -0.3 is 15.0 Å². The molecule has 9 nitrogen and oxygen atoms in total. The summed E-state index contributed by atoms with van der Waals surface area (Å²) in [6.07, 6.45) is 8.98. The van der Waals surface area contributed by atoms with Crippen molar-refractivity contribution in [3.05, 3.63) is 72.7 Å². The fraction of sp³-hybridized carbons (Fsp3) is 0.286. The number of aromatic amines is 1. The molecule has 37 heavy (non-hydrogen) atoms. The van der Waals surface area contributed by atoms with Crippen LogP contribution in [0.4, 0.5) is 5.82 Å². The average molecular weight is 496 g/mol. The third kappa shape index (κ3) is 4.37. The van der Waals surface area contributed by atoms with Gasteiger partial charge in [0, 0.05) is 36.0 Å². The van der Waals surface area contributed by atoms with Crippen LogP contribution in [0.5, 0.6) is 5.75 Å². The molecule has 5 aromatic rings. The highest BCUT2D eigenvalue weighted by Gasteiger charge is 2.34. The van der Waals surface area contributed by atoms with Crippen molar-refractivity contribution in [1.82, 2.24) is 30.1 Å². The van der Waals surface area contributed by atoms with Crippen LogP contribution in [0.2, 0.25) is 0 Å². The Balaban J connectivity index is 1.25. The van der Waals surface area contributed by atoms with Crippen molar-refractivity contribution in [3.8, 4) is 16.9 Å². The zero-order valence-electron chi connectivity index (χ0n) is 20.7. The first kappa shape index (κ1) is 23.0. The second-order valence-corrected chi connectivity index (χ2v) is 9.54. The molecular weight excluding hydrogens is 466 g/mol. The minimum absolute atomic E-state index is 0.233. The van der Waals surface area contributed by atoms with Crippen molar-refractivity contribution < 1.29 is 9.53 Å². The van der Waals surface area contributed by atoms with E-state index >= 15 is 0 Å². The van der Waals surface area contributed by atoms with Gasteiger partial charge in [-0.1, -0.05) is 30.3 Å². The van der Waals surface area contributed by atoms with E-state index in [0.29, 0.717) is 6.61 Å². The third-order valence-corrected chi connectivity index (χ3v) is 7.27. The van der Waals surface area contributed by atoms with E-state index in [4.69, 9.17) is 9.72 Å². The van der Waals surface area contributed by atoms with Gasteiger partial charge in [-0.15, -0.1) is 5.10 Å². The molecule has 0 bridgehead atoms. The van der Waals surface area contributed by atoms with Crippen LogP contribution in [0, 0.1) is 0 Å². The van der Waals surface area contributed by atoms with E-state index in [1.165, 1.54) is 5.56 Å². The number of hydrogen-bond donors (Lipinski definition) is 2. The Bertz CT molecular complexity index is 1520. The topological polar surface area (TPSA) is 100 Å². The SMILES string of the molecule is CCOc1cc(-c2ccc(N3CCC(Cc4ccccc4)(NC=O)CC3)nc2)c2c3cn[nH]c3nn2c1. The van der Waals surface area contributed by atoms with Crippen LogP contribution in [0.15, 0.2) is 67.1 Å². The minimum atomic E-state index is -0.233. The van der Waals surface area contributed by atoms with E-state index in [2.05, 4.69) is 49.8 Å². The lowest BCUT2D eigenvalue weighted by Crippen LogP contribution is -2.54. The third-order valence-electron chi connectivity index (χ3n) is 7.27. The maximum atomic E-state index is 11.4. The van der Waals surface area contributed by atoms with Crippen LogP contribution < -0.4 is 15.0 Å². The van der Waals surface area contributed by atoms with E-state index in [9.17, 15) is 4.79 Å². The summed E-state index contributed by atoms with van der Waals surface area (Å²) in [6.45, 7) is 4.18. The quantitative estimate of drug-likeness (QED) is 0.316. The second kappa shape index (κ2) is 9.57. The normalized spacial score (nSPS) is 15.2. The Hall–Kier alpha value is -4.40. The smallest absolute Gasteiger partial charge is 0.207 e. The Kier molecular flexibility index (Phi) is 5.96. The minimum Gasteiger partial charge on any atom is -0.492 e. The number of pyridine rings is 2. The van der Waals surface area contributed by atoms with Gasteiger partial charge in [0.1, 0.15) is 11.6 Å². The predicted molar refractivity (Wildman–Crippen MR) is 143 cm³/mol. The molecule has 1 fully saturated rings. The zero-order valence-corrected chi connectivity index (χ0v) is 20.7. The highest BCUT2D eigenvalue weighted by Crippen LogP contribution is 2.34. The fourth-order valence-electron chi connectivity index (χ4n) is 5.39. The number of amides is 1. The van der Waals surface area contributed by atoms with Gasteiger partial charge in [0.15, 0.2) is 5.65 Å². The molecule has 1 amide bonds. The monoisotopic (exact) mass is 495 g/mol. The van der Waals surface area contributed by atoms with Gasteiger partial charge in [0.2, 0.25) is 6.41 Å². The molecule has 2 N–H and O–H groups in total. The number of carbonyl (C=O) groups excluding carboxylic acids is 1. The van der Waals surface area contributed by atoms with Crippen molar-refractivity contribution in [2.24, 2.45) is 0 Å². The lowest BCUT2D eigenvalue weighted by Gasteiger charge is -2.42. The lowest BCUT2D eigenvalue weighted by atomic mass is 9.82. The summed E-state index contributed by atoms with van der Waals surface area (Å²) in [5, 5.41) is 15.8. The summed E-state index contributed by atoms with van der Waals surface area (Å²) in [7, 11) is 0. The molecule has 0 aliphatic carbocycles. The molecule has 0 atom stereocenters. The standard InChI is InChI=1S/C28H29N7O2/c1-2-37-22-14-23(26-24-17-31-32-27(24)33-35(26)18-22)21-8-9-25(29-16-21)34-12-10-28(11-13-34,30-19-36)15-20-6-4-3-5-7-20/h3-9,14,16-19H,2,10-13,15H2,1H3,(H,30,36)(H,32,33). The average Bonchev–Trinajstić information content (AvgIpc) is 3.51. The molecule has 0 radical (unpaired) electrons. The van der Waals surface area contributed by atoms with Crippen LogP contribution in [-0.4, -0.2) is 56.4 Å². The van der Waals surface area contributed by atoms with E-state index in [1.54, 1.807) is 6.20 Å². The largest absolute Gasteiger partial charge is 0.492 e. The Morgan fingerprint density at radius 2 is 1.97 bits per heavy atom. The van der Waals surface area contributed by atoms with Crippen LogP contribution in [-0.2, 0) is 11.2 Å². The van der Waals surface area contributed by atoms with Crippen molar-refractivity contribution in [2.75, 3.05) is 24.6 Å². The van der Waals surface area contributed by atoms with Crippen molar-refractivity contribution >= 4 is 28.8 Å². The molecule has 6 rings (SSSR count). The predicted octanol–water partition coefficient (Wildman–Crippen LogP) is 4.00. The number of benzene rings is 1. The first-order valence-corrected chi connectivity index (χ1v) is 12.6.